The molecule has 0 radical (unpaired) electrons. The molecule has 2 aromatic carbocycles. The molecule has 0 aromatic heterocycles. The van der Waals surface area contributed by atoms with Gasteiger partial charge in [-0.3, -0.25) is 4.79 Å². The van der Waals surface area contributed by atoms with E-state index in [-0.39, 0.29) is 29.5 Å². The van der Waals surface area contributed by atoms with Crippen LogP contribution >= 0.6 is 0 Å². The van der Waals surface area contributed by atoms with Crippen molar-refractivity contribution in [2.45, 2.75) is 56.0 Å². The summed E-state index contributed by atoms with van der Waals surface area (Å²) >= 11 is 0. The highest BCUT2D eigenvalue weighted by molar-refractivity contribution is 7.89. The van der Waals surface area contributed by atoms with Gasteiger partial charge in [0.05, 0.1) is 10.9 Å². The van der Waals surface area contributed by atoms with E-state index in [0.717, 1.165) is 31.2 Å². The monoisotopic (exact) mass is 416 g/mol. The van der Waals surface area contributed by atoms with Gasteiger partial charge in [0.1, 0.15) is 5.75 Å². The summed E-state index contributed by atoms with van der Waals surface area (Å²) in [5, 5.41) is 2.88. The zero-order valence-corrected chi connectivity index (χ0v) is 17.5. The number of amides is 1. The molecule has 0 saturated heterocycles. The summed E-state index contributed by atoms with van der Waals surface area (Å²) in [6, 6.07) is 15.7. The Morgan fingerprint density at radius 2 is 1.69 bits per heavy atom. The van der Waals surface area contributed by atoms with Gasteiger partial charge in [-0.15, -0.1) is 0 Å². The molecule has 6 nitrogen and oxygen atoms in total. The number of hydrogen-bond donors (Lipinski definition) is 2. The number of benzene rings is 2. The minimum atomic E-state index is -3.54. The van der Waals surface area contributed by atoms with E-state index in [4.69, 9.17) is 4.74 Å². The summed E-state index contributed by atoms with van der Waals surface area (Å²) in [7, 11) is -3.54. The largest absolute Gasteiger partial charge is 0.484 e. The number of hydrogen-bond acceptors (Lipinski definition) is 4. The predicted molar refractivity (Wildman–Crippen MR) is 112 cm³/mol. The second kappa shape index (κ2) is 9.89. The third-order valence-corrected chi connectivity index (χ3v) is 6.64. The van der Waals surface area contributed by atoms with E-state index in [0.29, 0.717) is 5.75 Å². The Hall–Kier alpha value is -2.38. The van der Waals surface area contributed by atoms with Crippen molar-refractivity contribution >= 4 is 15.9 Å². The number of nitrogens with one attached hydrogen (secondary N) is 2. The molecule has 0 heterocycles. The number of ether oxygens (including phenoxy) is 1. The van der Waals surface area contributed by atoms with Crippen molar-refractivity contribution in [3.63, 3.8) is 0 Å². The summed E-state index contributed by atoms with van der Waals surface area (Å²) in [6.07, 6.45) is 5.06. The highest BCUT2D eigenvalue weighted by atomic mass is 32.2. The highest BCUT2D eigenvalue weighted by Crippen LogP contribution is 2.21. The first kappa shape index (κ1) is 21.3. The molecular formula is C22H28N2O4S. The van der Waals surface area contributed by atoms with Gasteiger partial charge in [0.25, 0.3) is 5.91 Å². The van der Waals surface area contributed by atoms with Gasteiger partial charge < -0.3 is 10.1 Å². The van der Waals surface area contributed by atoms with E-state index in [2.05, 4.69) is 10.0 Å². The first-order valence-electron chi connectivity index (χ1n) is 10.0. The zero-order valence-electron chi connectivity index (χ0n) is 16.6. The van der Waals surface area contributed by atoms with Crippen LogP contribution in [0.2, 0.25) is 0 Å². The quantitative estimate of drug-likeness (QED) is 0.689. The maximum Gasteiger partial charge on any atom is 0.258 e. The molecule has 0 spiro atoms. The topological polar surface area (TPSA) is 84.5 Å². The van der Waals surface area contributed by atoms with Gasteiger partial charge in [0, 0.05) is 6.04 Å². The molecule has 0 aliphatic heterocycles. The normalized spacial score (nSPS) is 16.2. The molecule has 3 rings (SSSR count). The van der Waals surface area contributed by atoms with Crippen LogP contribution in [0.25, 0.3) is 0 Å². The van der Waals surface area contributed by atoms with Crippen molar-refractivity contribution in [2.75, 3.05) is 6.61 Å². The number of rotatable bonds is 8. The lowest BCUT2D eigenvalue weighted by Gasteiger charge is -2.22. The Balaban J connectivity index is 1.50. The third-order valence-electron chi connectivity index (χ3n) is 5.11. The fourth-order valence-corrected chi connectivity index (χ4v) is 4.78. The second-order valence-corrected chi connectivity index (χ2v) is 9.13. The molecule has 7 heteroatoms. The predicted octanol–water partition coefficient (Wildman–Crippen LogP) is 3.55. The van der Waals surface area contributed by atoms with Crippen LogP contribution in [0.3, 0.4) is 0 Å². The molecule has 1 fully saturated rings. The van der Waals surface area contributed by atoms with Gasteiger partial charge in [-0.1, -0.05) is 49.6 Å². The van der Waals surface area contributed by atoms with Crippen LogP contribution in [0, 0.1) is 0 Å². The van der Waals surface area contributed by atoms with Crippen LogP contribution in [0.4, 0.5) is 0 Å². The third kappa shape index (κ3) is 6.30. The van der Waals surface area contributed by atoms with Gasteiger partial charge in [-0.2, -0.15) is 0 Å². The smallest absolute Gasteiger partial charge is 0.258 e. The minimum Gasteiger partial charge on any atom is -0.484 e. The van der Waals surface area contributed by atoms with E-state index in [1.165, 1.54) is 18.6 Å². The Bertz CT molecular complexity index is 892. The Labute approximate surface area is 172 Å². The van der Waals surface area contributed by atoms with Gasteiger partial charge in [-0.05, 0) is 49.6 Å². The molecule has 1 amide bonds. The van der Waals surface area contributed by atoms with Crippen molar-refractivity contribution in [3.8, 4) is 5.75 Å². The van der Waals surface area contributed by atoms with Gasteiger partial charge >= 0.3 is 0 Å². The van der Waals surface area contributed by atoms with Gasteiger partial charge in [0.2, 0.25) is 10.0 Å². The van der Waals surface area contributed by atoms with Crippen LogP contribution < -0.4 is 14.8 Å². The maximum atomic E-state index is 12.5. The molecule has 29 heavy (non-hydrogen) atoms. The zero-order chi connectivity index (χ0) is 20.7. The molecular weight excluding hydrogens is 388 g/mol. The second-order valence-electron chi connectivity index (χ2n) is 7.42. The summed E-state index contributed by atoms with van der Waals surface area (Å²) in [4.78, 5) is 12.3. The van der Waals surface area contributed by atoms with Crippen molar-refractivity contribution in [3.05, 3.63) is 60.2 Å². The van der Waals surface area contributed by atoms with E-state index < -0.39 is 10.0 Å². The summed E-state index contributed by atoms with van der Waals surface area (Å²) < 4.78 is 33.3. The molecule has 1 aliphatic carbocycles. The van der Waals surface area contributed by atoms with E-state index in [1.54, 1.807) is 12.1 Å². The van der Waals surface area contributed by atoms with Crippen LogP contribution in [-0.2, 0) is 14.8 Å². The number of carbonyl (C=O) groups excluding carboxylic acids is 1. The number of sulfonamides is 1. The molecule has 1 atom stereocenters. The lowest BCUT2D eigenvalue weighted by atomic mass is 9.96. The van der Waals surface area contributed by atoms with E-state index in [1.807, 2.05) is 37.3 Å². The molecule has 1 aliphatic rings. The average molecular weight is 417 g/mol. The fraction of sp³-hybridized carbons (Fsp3) is 0.409. The lowest BCUT2D eigenvalue weighted by molar-refractivity contribution is -0.123. The summed E-state index contributed by atoms with van der Waals surface area (Å²) in [5.41, 5.74) is 1.01. The number of carbonyl (C=O) groups is 1. The first-order chi connectivity index (χ1) is 13.9. The summed E-state index contributed by atoms with van der Waals surface area (Å²) in [6.45, 7) is 1.77. The SMILES string of the molecule is C[C@@H](NC(=O)COc1ccc(S(=O)(=O)NC2CCCCC2)cc1)c1ccccc1. The van der Waals surface area contributed by atoms with Crippen molar-refractivity contribution in [2.24, 2.45) is 0 Å². The first-order valence-corrected chi connectivity index (χ1v) is 11.5. The van der Waals surface area contributed by atoms with Crippen molar-refractivity contribution in [1.82, 2.24) is 10.0 Å². The Kier molecular flexibility index (Phi) is 7.28. The van der Waals surface area contributed by atoms with Crippen LogP contribution in [0.15, 0.2) is 59.5 Å². The molecule has 156 valence electrons. The molecule has 0 unspecified atom stereocenters. The average Bonchev–Trinajstić information content (AvgIpc) is 2.73. The molecule has 0 bridgehead atoms. The van der Waals surface area contributed by atoms with E-state index >= 15 is 0 Å². The van der Waals surface area contributed by atoms with Crippen LogP contribution in [-0.4, -0.2) is 27.0 Å². The van der Waals surface area contributed by atoms with Gasteiger partial charge in [0.15, 0.2) is 6.61 Å². The van der Waals surface area contributed by atoms with Gasteiger partial charge in [-0.25, -0.2) is 13.1 Å². The minimum absolute atomic E-state index is 0.0139. The van der Waals surface area contributed by atoms with Crippen molar-refractivity contribution < 1.29 is 17.9 Å². The van der Waals surface area contributed by atoms with E-state index in [9.17, 15) is 13.2 Å². The Morgan fingerprint density at radius 3 is 2.34 bits per heavy atom. The summed E-state index contributed by atoms with van der Waals surface area (Å²) in [5.74, 6) is 0.209. The fourth-order valence-electron chi connectivity index (χ4n) is 3.48. The van der Waals surface area contributed by atoms with Crippen molar-refractivity contribution in [1.29, 1.82) is 0 Å². The Morgan fingerprint density at radius 1 is 1.03 bits per heavy atom. The molecule has 2 aromatic rings. The van der Waals surface area contributed by atoms with Crippen LogP contribution in [0.1, 0.15) is 50.6 Å². The lowest BCUT2D eigenvalue weighted by Crippen LogP contribution is -2.36. The highest BCUT2D eigenvalue weighted by Gasteiger charge is 2.21. The molecule has 2 N–H and O–H groups in total. The maximum absolute atomic E-state index is 12.5. The van der Waals surface area contributed by atoms with Crippen LogP contribution in [0.5, 0.6) is 5.75 Å². The molecule has 1 saturated carbocycles. The standard InChI is InChI=1S/C22H28N2O4S/c1-17(18-8-4-2-5-9-18)23-22(25)16-28-20-12-14-21(15-13-20)29(26,27)24-19-10-6-3-7-11-19/h2,4-5,8-9,12-15,17,19,24H,3,6-7,10-11,16H2,1H3,(H,23,25)/t17-/m1/s1.